The highest BCUT2D eigenvalue weighted by atomic mass is 16.5. The van der Waals surface area contributed by atoms with Crippen molar-refractivity contribution < 1.29 is 19.1 Å². The van der Waals surface area contributed by atoms with Crippen molar-refractivity contribution in [2.45, 2.75) is 39.3 Å². The van der Waals surface area contributed by atoms with E-state index in [1.807, 2.05) is 54.9 Å². The number of rotatable bonds is 3. The third kappa shape index (κ3) is 7.44. The van der Waals surface area contributed by atoms with Gasteiger partial charge in [-0.3, -0.25) is 14.4 Å². The molecule has 208 valence electrons. The maximum Gasteiger partial charge on any atom is 0.255 e. The molecular formula is C29H33N7O4. The molecule has 11 heteroatoms. The molecule has 2 aromatic heterocycles. The van der Waals surface area contributed by atoms with Crippen molar-refractivity contribution in [2.24, 2.45) is 5.92 Å². The molecule has 4 rings (SSSR count). The average Bonchev–Trinajstić information content (AvgIpc) is 3.42. The molecule has 0 saturated carbocycles. The number of benzene rings is 1. The number of nitrogens with zero attached hydrogens (tertiary/aromatic N) is 5. The molecule has 1 atom stereocenters. The van der Waals surface area contributed by atoms with Crippen LogP contribution in [0.25, 0.3) is 11.4 Å². The molecule has 3 aromatic rings. The van der Waals surface area contributed by atoms with E-state index in [4.69, 9.17) is 10.00 Å². The standard InChI is InChI=1S/C29H33N7O4/c1-20(2)15-25-28(38)32-10-13-35-12-9-31-27(35)21-5-3-6-24(16-21)40-14-4-11-36(19-26(37)34-25)29(39)22-7-8-23(17-30)33-18-22/h3,5-9,12,16,18,20,25H,4,10-11,13-15,19H2,1-2H3,(H,32,38)(H,34,37)/t25-/m1/s1. The molecule has 3 heterocycles. The van der Waals surface area contributed by atoms with Crippen molar-refractivity contribution >= 4 is 17.7 Å². The molecule has 0 aliphatic carbocycles. The van der Waals surface area contributed by atoms with Crippen molar-refractivity contribution in [3.63, 3.8) is 0 Å². The Hall–Kier alpha value is -4.72. The van der Waals surface area contributed by atoms with Crippen molar-refractivity contribution in [3.8, 4) is 23.2 Å². The average molecular weight is 544 g/mol. The maximum atomic E-state index is 13.3. The van der Waals surface area contributed by atoms with Gasteiger partial charge in [-0.15, -0.1) is 0 Å². The fourth-order valence-electron chi connectivity index (χ4n) is 4.48. The zero-order chi connectivity index (χ0) is 28.5. The summed E-state index contributed by atoms with van der Waals surface area (Å²) in [4.78, 5) is 49.4. The lowest BCUT2D eigenvalue weighted by Crippen LogP contribution is -2.51. The van der Waals surface area contributed by atoms with E-state index in [2.05, 4.69) is 20.6 Å². The van der Waals surface area contributed by atoms with Crippen LogP contribution < -0.4 is 15.4 Å². The number of imidazole rings is 1. The van der Waals surface area contributed by atoms with Crippen LogP contribution in [0.3, 0.4) is 0 Å². The van der Waals surface area contributed by atoms with E-state index in [9.17, 15) is 14.4 Å². The summed E-state index contributed by atoms with van der Waals surface area (Å²) in [6, 6.07) is 11.7. The van der Waals surface area contributed by atoms with E-state index in [1.165, 1.54) is 23.2 Å². The van der Waals surface area contributed by atoms with Gasteiger partial charge in [0.2, 0.25) is 11.8 Å². The molecule has 2 N–H and O–H groups in total. The second-order valence-corrected chi connectivity index (χ2v) is 9.99. The quantitative estimate of drug-likeness (QED) is 0.516. The van der Waals surface area contributed by atoms with E-state index >= 15 is 0 Å². The van der Waals surface area contributed by atoms with E-state index in [0.717, 1.165) is 11.4 Å². The number of hydrogen-bond acceptors (Lipinski definition) is 7. The predicted octanol–water partition coefficient (Wildman–Crippen LogP) is 2.39. The van der Waals surface area contributed by atoms with Crippen LogP contribution >= 0.6 is 0 Å². The van der Waals surface area contributed by atoms with Crippen LogP contribution in [0, 0.1) is 17.2 Å². The zero-order valence-corrected chi connectivity index (χ0v) is 22.7. The van der Waals surface area contributed by atoms with E-state index in [-0.39, 0.29) is 36.2 Å². The summed E-state index contributed by atoms with van der Waals surface area (Å²) < 4.78 is 7.93. The highest BCUT2D eigenvalue weighted by molar-refractivity contribution is 5.97. The molecular weight excluding hydrogens is 510 g/mol. The minimum atomic E-state index is -0.748. The van der Waals surface area contributed by atoms with Gasteiger partial charge in [-0.1, -0.05) is 26.0 Å². The number of aromatic nitrogens is 3. The van der Waals surface area contributed by atoms with Gasteiger partial charge in [0.05, 0.1) is 18.7 Å². The second kappa shape index (κ2) is 13.4. The van der Waals surface area contributed by atoms with Gasteiger partial charge in [0.25, 0.3) is 5.91 Å². The number of ether oxygens (including phenoxy) is 1. The van der Waals surface area contributed by atoms with E-state index in [1.54, 1.807) is 6.20 Å². The van der Waals surface area contributed by atoms with Crippen LogP contribution in [0.5, 0.6) is 5.75 Å². The number of carbonyl (C=O) groups is 3. The largest absolute Gasteiger partial charge is 0.494 e. The molecule has 1 aromatic carbocycles. The first-order valence-corrected chi connectivity index (χ1v) is 13.3. The number of amides is 3. The third-order valence-corrected chi connectivity index (χ3v) is 6.41. The Bertz CT molecular complexity index is 1380. The molecule has 0 radical (unpaired) electrons. The zero-order valence-electron chi connectivity index (χ0n) is 22.7. The topological polar surface area (TPSA) is 142 Å². The SMILES string of the molecule is CC(C)C[C@H]1NC(=O)CN(C(=O)c2ccc(C#N)nc2)CCCOc2cccc(c2)-c2nccn2CCNC1=O. The van der Waals surface area contributed by atoms with Gasteiger partial charge in [-0.05, 0) is 43.0 Å². The van der Waals surface area contributed by atoms with E-state index in [0.29, 0.717) is 38.3 Å². The molecule has 40 heavy (non-hydrogen) atoms. The van der Waals surface area contributed by atoms with Gasteiger partial charge in [0, 0.05) is 43.8 Å². The fraction of sp³-hybridized carbons (Fsp3) is 0.379. The van der Waals surface area contributed by atoms with Crippen LogP contribution in [-0.4, -0.2) is 69.4 Å². The molecule has 2 bridgehead atoms. The van der Waals surface area contributed by atoms with Crippen molar-refractivity contribution in [1.82, 2.24) is 30.1 Å². The summed E-state index contributed by atoms with van der Waals surface area (Å²) in [5, 5.41) is 14.8. The van der Waals surface area contributed by atoms with Crippen molar-refractivity contribution in [3.05, 3.63) is 66.2 Å². The van der Waals surface area contributed by atoms with Crippen LogP contribution in [0.1, 0.15) is 42.7 Å². The lowest BCUT2D eigenvalue weighted by molar-refractivity contribution is -0.129. The van der Waals surface area contributed by atoms with E-state index < -0.39 is 17.9 Å². The first kappa shape index (κ1) is 28.3. The van der Waals surface area contributed by atoms with Gasteiger partial charge >= 0.3 is 0 Å². The second-order valence-electron chi connectivity index (χ2n) is 9.99. The molecule has 0 fully saturated rings. The van der Waals surface area contributed by atoms with Crippen molar-refractivity contribution in [2.75, 3.05) is 26.2 Å². The smallest absolute Gasteiger partial charge is 0.255 e. The number of nitrogens with one attached hydrogen (secondary N) is 2. The first-order valence-electron chi connectivity index (χ1n) is 13.3. The number of nitriles is 1. The summed E-state index contributed by atoms with van der Waals surface area (Å²) in [6.45, 7) is 5.10. The Morgan fingerprint density at radius 1 is 1.20 bits per heavy atom. The van der Waals surface area contributed by atoms with Crippen LogP contribution in [0.2, 0.25) is 0 Å². The molecule has 1 aliphatic heterocycles. The predicted molar refractivity (Wildman–Crippen MR) is 147 cm³/mol. The Kier molecular flexibility index (Phi) is 9.46. The molecule has 0 spiro atoms. The minimum Gasteiger partial charge on any atom is -0.494 e. The van der Waals surface area contributed by atoms with Gasteiger partial charge in [0.15, 0.2) is 0 Å². The Balaban J connectivity index is 1.59. The number of hydrogen-bond donors (Lipinski definition) is 2. The summed E-state index contributed by atoms with van der Waals surface area (Å²) in [5.41, 5.74) is 1.33. The molecule has 1 aliphatic rings. The fourth-order valence-corrected chi connectivity index (χ4v) is 4.48. The van der Waals surface area contributed by atoms with Crippen molar-refractivity contribution in [1.29, 1.82) is 5.26 Å². The summed E-state index contributed by atoms with van der Waals surface area (Å²) in [7, 11) is 0. The van der Waals surface area contributed by atoms with Crippen LogP contribution in [0.15, 0.2) is 55.0 Å². The third-order valence-electron chi connectivity index (χ3n) is 6.41. The summed E-state index contributed by atoms with van der Waals surface area (Å²) in [5.74, 6) is 0.434. The normalized spacial score (nSPS) is 16.9. The van der Waals surface area contributed by atoms with Crippen LogP contribution in [-0.2, 0) is 16.1 Å². The van der Waals surface area contributed by atoms with Gasteiger partial charge < -0.3 is 24.8 Å². The molecule has 3 amide bonds. The van der Waals surface area contributed by atoms with Gasteiger partial charge in [-0.25, -0.2) is 9.97 Å². The maximum absolute atomic E-state index is 13.3. The summed E-state index contributed by atoms with van der Waals surface area (Å²) in [6.07, 6.45) is 5.80. The first-order chi connectivity index (χ1) is 19.3. The highest BCUT2D eigenvalue weighted by Gasteiger charge is 2.25. The van der Waals surface area contributed by atoms with Gasteiger partial charge in [-0.2, -0.15) is 5.26 Å². The minimum absolute atomic E-state index is 0.154. The molecule has 11 nitrogen and oxygen atoms in total. The van der Waals surface area contributed by atoms with Gasteiger partial charge in [0.1, 0.15) is 29.4 Å². The Morgan fingerprint density at radius 3 is 2.80 bits per heavy atom. The number of carbonyl (C=O) groups excluding carboxylic acids is 3. The highest BCUT2D eigenvalue weighted by Crippen LogP contribution is 2.23. The Morgan fingerprint density at radius 2 is 2.05 bits per heavy atom. The molecule has 0 saturated heterocycles. The lowest BCUT2D eigenvalue weighted by atomic mass is 10.0. The lowest BCUT2D eigenvalue weighted by Gasteiger charge is -2.25. The monoisotopic (exact) mass is 543 g/mol. The summed E-state index contributed by atoms with van der Waals surface area (Å²) >= 11 is 0. The molecule has 0 unspecified atom stereocenters. The number of fused-ring (bicyclic) bond motifs is 4. The number of pyridine rings is 1. The van der Waals surface area contributed by atoms with Crippen LogP contribution in [0.4, 0.5) is 0 Å². The Labute approximate surface area is 233 Å².